The van der Waals surface area contributed by atoms with Crippen LogP contribution < -0.4 is 4.90 Å². The molecule has 5 heteroatoms. The molecule has 0 aliphatic heterocycles. The zero-order valence-electron chi connectivity index (χ0n) is 9.83. The van der Waals surface area contributed by atoms with Crippen molar-refractivity contribution in [2.24, 2.45) is 0 Å². The zero-order chi connectivity index (χ0) is 12.8. The van der Waals surface area contributed by atoms with Gasteiger partial charge in [0.25, 0.3) is 5.52 Å². The van der Waals surface area contributed by atoms with E-state index < -0.39 is 0 Å². The summed E-state index contributed by atoms with van der Waals surface area (Å²) in [6.07, 6.45) is 0. The summed E-state index contributed by atoms with van der Waals surface area (Å²) in [7, 11) is 0. The predicted octanol–water partition coefficient (Wildman–Crippen LogP) is 2.61. The van der Waals surface area contributed by atoms with Crippen LogP contribution in [0.2, 0.25) is 0 Å². The maximum atomic E-state index is 11.4. The number of H-pyrrole nitrogens is 1. The summed E-state index contributed by atoms with van der Waals surface area (Å²) in [5.74, 6) is 0. The Morgan fingerprint density at radius 3 is 2.79 bits per heavy atom. The molecule has 0 radical (unpaired) electrons. The fraction of sp³-hybridized carbons (Fsp3) is 0. The van der Waals surface area contributed by atoms with Gasteiger partial charge in [-0.25, -0.2) is 0 Å². The van der Waals surface area contributed by atoms with Crippen molar-refractivity contribution >= 4 is 21.9 Å². The maximum Gasteiger partial charge on any atom is 0.257 e. The van der Waals surface area contributed by atoms with Crippen LogP contribution in [0.5, 0.6) is 0 Å². The van der Waals surface area contributed by atoms with Crippen molar-refractivity contribution in [2.75, 3.05) is 0 Å². The van der Waals surface area contributed by atoms with Crippen LogP contribution in [-0.4, -0.2) is 10.1 Å². The second-order valence-electron chi connectivity index (χ2n) is 4.37. The summed E-state index contributed by atoms with van der Waals surface area (Å²) in [5.41, 5.74) is 4.02. The van der Waals surface area contributed by atoms with E-state index in [0.717, 1.165) is 22.2 Å². The first-order chi connectivity index (χ1) is 9.33. The lowest BCUT2D eigenvalue weighted by Gasteiger charge is -1.94. The van der Waals surface area contributed by atoms with E-state index in [1.54, 1.807) is 6.07 Å². The smallest absolute Gasteiger partial charge is 0.257 e. The summed E-state index contributed by atoms with van der Waals surface area (Å²) < 4.78 is 4.64. The van der Waals surface area contributed by atoms with Gasteiger partial charge in [-0.1, -0.05) is 30.3 Å². The van der Waals surface area contributed by atoms with Crippen LogP contribution in [0.4, 0.5) is 0 Å². The summed E-state index contributed by atoms with van der Waals surface area (Å²) in [5, 5.41) is 16.1. The van der Waals surface area contributed by atoms with Crippen molar-refractivity contribution in [3.63, 3.8) is 0 Å². The van der Waals surface area contributed by atoms with Crippen molar-refractivity contribution in [3.05, 3.63) is 53.7 Å². The minimum Gasteiger partial charge on any atom is -0.359 e. The highest BCUT2D eigenvalue weighted by molar-refractivity contribution is 6.03. The Kier molecular flexibility index (Phi) is 1.91. The highest BCUT2D eigenvalue weighted by Crippen LogP contribution is 2.27. The van der Waals surface area contributed by atoms with Gasteiger partial charge in [0.2, 0.25) is 5.52 Å². The van der Waals surface area contributed by atoms with Crippen LogP contribution >= 0.6 is 0 Å². The molecule has 0 bridgehead atoms. The lowest BCUT2D eigenvalue weighted by Crippen LogP contribution is -2.22. The molecular formula is C14H9N3O2. The molecule has 19 heavy (non-hydrogen) atoms. The summed E-state index contributed by atoms with van der Waals surface area (Å²) in [4.78, 5) is 3.74. The molecule has 2 aromatic heterocycles. The number of fused-ring (bicyclic) bond motifs is 3. The van der Waals surface area contributed by atoms with Crippen molar-refractivity contribution in [1.29, 1.82) is 0 Å². The lowest BCUT2D eigenvalue weighted by atomic mass is 10.1. The number of hydrogen-bond donors (Lipinski definition) is 1. The van der Waals surface area contributed by atoms with Gasteiger partial charge >= 0.3 is 0 Å². The SMILES string of the molecule is [O-][n+]1onc2c3cc(-c4ccccc4)[nH]c3ccc21. The van der Waals surface area contributed by atoms with Crippen molar-refractivity contribution < 1.29 is 9.53 Å². The van der Waals surface area contributed by atoms with E-state index in [9.17, 15) is 5.21 Å². The van der Waals surface area contributed by atoms with Gasteiger partial charge in [-0.2, -0.15) is 0 Å². The first-order valence-corrected chi connectivity index (χ1v) is 5.89. The first kappa shape index (κ1) is 10.1. The van der Waals surface area contributed by atoms with Crippen LogP contribution in [0.3, 0.4) is 0 Å². The van der Waals surface area contributed by atoms with E-state index in [1.807, 2.05) is 42.5 Å². The number of aromatic amines is 1. The summed E-state index contributed by atoms with van der Waals surface area (Å²) in [6, 6.07) is 15.5. The minimum absolute atomic E-state index is 0.421. The van der Waals surface area contributed by atoms with Crippen molar-refractivity contribution in [3.8, 4) is 11.3 Å². The Balaban J connectivity index is 2.04. The lowest BCUT2D eigenvalue weighted by molar-refractivity contribution is -0.782. The van der Waals surface area contributed by atoms with E-state index in [1.165, 1.54) is 0 Å². The van der Waals surface area contributed by atoms with Gasteiger partial charge in [0.1, 0.15) is 0 Å². The zero-order valence-corrected chi connectivity index (χ0v) is 9.83. The number of hydrogen-bond acceptors (Lipinski definition) is 3. The Bertz CT molecular complexity index is 878. The van der Waals surface area contributed by atoms with Crippen LogP contribution in [0.25, 0.3) is 33.2 Å². The van der Waals surface area contributed by atoms with Gasteiger partial charge in [0, 0.05) is 10.9 Å². The van der Waals surface area contributed by atoms with Gasteiger partial charge in [-0.05, 0) is 28.7 Å². The first-order valence-electron chi connectivity index (χ1n) is 5.89. The van der Waals surface area contributed by atoms with Crippen LogP contribution in [0.15, 0.2) is 53.2 Å². The fourth-order valence-electron chi connectivity index (χ4n) is 2.32. The second-order valence-corrected chi connectivity index (χ2v) is 4.37. The third-order valence-corrected chi connectivity index (χ3v) is 3.24. The van der Waals surface area contributed by atoms with Crippen LogP contribution in [0, 0.1) is 5.21 Å². The largest absolute Gasteiger partial charge is 0.359 e. The predicted molar refractivity (Wildman–Crippen MR) is 70.3 cm³/mol. The summed E-state index contributed by atoms with van der Waals surface area (Å²) in [6.45, 7) is 0. The van der Waals surface area contributed by atoms with E-state index in [-0.39, 0.29) is 0 Å². The molecule has 0 aliphatic carbocycles. The third kappa shape index (κ3) is 1.41. The van der Waals surface area contributed by atoms with Crippen molar-refractivity contribution in [1.82, 2.24) is 10.1 Å². The Hall–Kier alpha value is -2.82. The van der Waals surface area contributed by atoms with Gasteiger partial charge in [0.15, 0.2) is 0 Å². The molecular weight excluding hydrogens is 242 g/mol. The number of benzene rings is 2. The van der Waals surface area contributed by atoms with E-state index in [0.29, 0.717) is 15.9 Å². The molecule has 5 nitrogen and oxygen atoms in total. The monoisotopic (exact) mass is 251 g/mol. The molecule has 0 unspecified atom stereocenters. The fourth-order valence-corrected chi connectivity index (χ4v) is 2.32. The maximum absolute atomic E-state index is 11.4. The van der Waals surface area contributed by atoms with Crippen LogP contribution in [-0.2, 0) is 0 Å². The quantitative estimate of drug-likeness (QED) is 0.529. The molecule has 2 aromatic carbocycles. The van der Waals surface area contributed by atoms with E-state index in [4.69, 9.17) is 0 Å². The summed E-state index contributed by atoms with van der Waals surface area (Å²) >= 11 is 0. The van der Waals surface area contributed by atoms with Crippen LogP contribution in [0.1, 0.15) is 0 Å². The standard InChI is InChI=1S/C14H9N3O2/c18-17-13-7-6-11-10(14(13)16-19-17)8-12(15-11)9-4-2-1-3-5-9/h1-8,15H. The molecule has 0 saturated heterocycles. The Morgan fingerprint density at radius 1 is 1.11 bits per heavy atom. The molecule has 0 aliphatic rings. The number of nitrogens with one attached hydrogen (secondary N) is 1. The topological polar surface area (TPSA) is 68.8 Å². The Morgan fingerprint density at radius 2 is 1.95 bits per heavy atom. The minimum atomic E-state index is 0.421. The highest BCUT2D eigenvalue weighted by Gasteiger charge is 2.15. The number of rotatable bonds is 1. The average Bonchev–Trinajstić information content (AvgIpc) is 3.03. The molecule has 4 aromatic rings. The molecule has 2 heterocycles. The highest BCUT2D eigenvalue weighted by atomic mass is 16.8. The molecule has 0 spiro atoms. The Labute approximate surface area is 107 Å². The third-order valence-electron chi connectivity index (χ3n) is 3.24. The molecule has 0 atom stereocenters. The second kappa shape index (κ2) is 3.58. The number of nitrogens with zero attached hydrogens (tertiary/aromatic N) is 2. The molecule has 92 valence electrons. The van der Waals surface area contributed by atoms with E-state index in [2.05, 4.69) is 14.8 Å². The van der Waals surface area contributed by atoms with Gasteiger partial charge in [-0.3, -0.25) is 4.63 Å². The number of aromatic nitrogens is 3. The molecule has 0 saturated carbocycles. The van der Waals surface area contributed by atoms with Gasteiger partial charge < -0.3 is 10.2 Å². The van der Waals surface area contributed by atoms with Gasteiger partial charge in [0.05, 0.1) is 10.9 Å². The molecule has 0 fully saturated rings. The van der Waals surface area contributed by atoms with E-state index >= 15 is 0 Å². The molecule has 4 rings (SSSR count). The molecule has 0 amide bonds. The average molecular weight is 251 g/mol. The molecule has 1 N–H and O–H groups in total. The van der Waals surface area contributed by atoms with Crippen molar-refractivity contribution in [2.45, 2.75) is 0 Å². The van der Waals surface area contributed by atoms with Gasteiger partial charge in [-0.15, -0.1) is 0 Å². The normalized spacial score (nSPS) is 11.4.